The minimum Gasteiger partial charge on any atom is -0.374 e. The van der Waals surface area contributed by atoms with Crippen molar-refractivity contribution in [2.45, 2.75) is 94.4 Å². The summed E-state index contributed by atoms with van der Waals surface area (Å²) in [6, 6.07) is 0.542. The molecular weight excluding hydrogens is 324 g/mol. The van der Waals surface area contributed by atoms with Crippen LogP contribution in [-0.2, 0) is 14.6 Å². The van der Waals surface area contributed by atoms with Crippen LogP contribution in [0.2, 0.25) is 0 Å². The molecule has 0 radical (unpaired) electrons. The number of nitrogens with one attached hydrogen (secondary N) is 2. The van der Waals surface area contributed by atoms with E-state index in [1.807, 2.05) is 0 Å². The Balaban J connectivity index is 1.42. The average molecular weight is 359 g/mol. The van der Waals surface area contributed by atoms with E-state index in [0.717, 1.165) is 32.2 Å². The summed E-state index contributed by atoms with van der Waals surface area (Å²) in [6.45, 7) is 3.09. The fraction of sp³-hybridized carbons (Fsp3) is 1.00. The minimum atomic E-state index is -2.86. The fourth-order valence-corrected chi connectivity index (χ4v) is 5.86. The molecule has 6 heteroatoms. The van der Waals surface area contributed by atoms with E-state index in [2.05, 4.69) is 17.6 Å². The Hall–Kier alpha value is -0.170. The Labute approximate surface area is 147 Å². The van der Waals surface area contributed by atoms with Crippen molar-refractivity contribution in [2.24, 2.45) is 5.92 Å². The van der Waals surface area contributed by atoms with Crippen molar-refractivity contribution in [1.29, 1.82) is 0 Å². The molecule has 5 nitrogen and oxygen atoms in total. The maximum atomic E-state index is 11.7. The zero-order chi connectivity index (χ0) is 17.2. The van der Waals surface area contributed by atoms with Crippen molar-refractivity contribution in [1.82, 2.24) is 10.6 Å². The normalized spacial score (nSPS) is 41.4. The lowest BCUT2D eigenvalue weighted by Crippen LogP contribution is -2.54. The van der Waals surface area contributed by atoms with Crippen molar-refractivity contribution in [2.75, 3.05) is 12.8 Å². The van der Waals surface area contributed by atoms with Crippen molar-refractivity contribution in [3.63, 3.8) is 0 Å². The van der Waals surface area contributed by atoms with Crippen molar-refractivity contribution >= 4 is 9.84 Å². The van der Waals surface area contributed by atoms with Gasteiger partial charge in [-0.05, 0) is 70.6 Å². The van der Waals surface area contributed by atoms with E-state index in [9.17, 15) is 8.42 Å². The van der Waals surface area contributed by atoms with Gasteiger partial charge in [0, 0.05) is 18.8 Å². The van der Waals surface area contributed by atoms with Gasteiger partial charge in [-0.1, -0.05) is 0 Å². The van der Waals surface area contributed by atoms with Crippen LogP contribution in [0.1, 0.15) is 64.7 Å². The third-order valence-electron chi connectivity index (χ3n) is 6.23. The average Bonchev–Trinajstić information content (AvgIpc) is 2.98. The van der Waals surface area contributed by atoms with Gasteiger partial charge in [0.25, 0.3) is 0 Å². The first kappa shape index (κ1) is 18.6. The fourth-order valence-electron chi connectivity index (χ4n) is 4.73. The summed E-state index contributed by atoms with van der Waals surface area (Å²) in [5.74, 6) is 0.635. The molecule has 0 spiro atoms. The van der Waals surface area contributed by atoms with E-state index in [1.54, 1.807) is 0 Å². The number of piperidine rings is 1. The van der Waals surface area contributed by atoms with Gasteiger partial charge in [-0.25, -0.2) is 8.42 Å². The lowest BCUT2D eigenvalue weighted by Gasteiger charge is -2.39. The third kappa shape index (κ3) is 4.93. The van der Waals surface area contributed by atoms with Crippen LogP contribution in [0.15, 0.2) is 0 Å². The van der Waals surface area contributed by atoms with Gasteiger partial charge in [0.2, 0.25) is 0 Å². The molecule has 3 fully saturated rings. The van der Waals surface area contributed by atoms with Crippen LogP contribution in [-0.4, -0.2) is 50.9 Å². The SMILES string of the molecule is CC1CCC(CNC2CCCC(C3CCC(S(C)(=O)=O)CC3)N2)O1. The highest BCUT2D eigenvalue weighted by Crippen LogP contribution is 2.33. The van der Waals surface area contributed by atoms with Crippen LogP contribution in [0.3, 0.4) is 0 Å². The van der Waals surface area contributed by atoms with E-state index in [-0.39, 0.29) is 5.25 Å². The van der Waals surface area contributed by atoms with E-state index in [1.165, 1.54) is 38.4 Å². The van der Waals surface area contributed by atoms with E-state index in [0.29, 0.717) is 30.3 Å². The molecule has 0 aromatic heterocycles. The first-order valence-corrected chi connectivity index (χ1v) is 11.7. The molecule has 4 unspecified atom stereocenters. The van der Waals surface area contributed by atoms with Gasteiger partial charge in [-0.3, -0.25) is 10.6 Å². The maximum absolute atomic E-state index is 11.7. The van der Waals surface area contributed by atoms with Gasteiger partial charge in [-0.15, -0.1) is 0 Å². The van der Waals surface area contributed by atoms with E-state index in [4.69, 9.17) is 4.74 Å². The summed E-state index contributed by atoms with van der Waals surface area (Å²) in [6.07, 6.45) is 12.3. The topological polar surface area (TPSA) is 67.4 Å². The summed E-state index contributed by atoms with van der Waals surface area (Å²) in [7, 11) is -2.86. The largest absolute Gasteiger partial charge is 0.374 e. The second-order valence-electron chi connectivity index (χ2n) is 8.18. The number of sulfone groups is 1. The van der Waals surface area contributed by atoms with Gasteiger partial charge in [0.05, 0.1) is 23.6 Å². The lowest BCUT2D eigenvalue weighted by molar-refractivity contribution is 0.0512. The van der Waals surface area contributed by atoms with Gasteiger partial charge in [0.15, 0.2) is 0 Å². The molecule has 0 aromatic rings. The Bertz CT molecular complexity index is 502. The molecule has 24 heavy (non-hydrogen) atoms. The van der Waals surface area contributed by atoms with Crippen LogP contribution in [0.25, 0.3) is 0 Å². The predicted molar refractivity (Wildman–Crippen MR) is 96.7 cm³/mol. The first-order chi connectivity index (χ1) is 11.4. The lowest BCUT2D eigenvalue weighted by atomic mass is 9.80. The molecule has 4 atom stereocenters. The van der Waals surface area contributed by atoms with Gasteiger partial charge in [-0.2, -0.15) is 0 Å². The summed E-state index contributed by atoms with van der Waals surface area (Å²) < 4.78 is 29.3. The van der Waals surface area contributed by atoms with Crippen molar-refractivity contribution in [3.05, 3.63) is 0 Å². The standard InChI is InChI=1S/C18H34N2O3S/c1-13-6-9-15(23-13)12-19-18-5-3-4-17(20-18)14-7-10-16(11-8-14)24(2,21)22/h13-20H,3-12H2,1-2H3. The molecule has 1 saturated carbocycles. The summed E-state index contributed by atoms with van der Waals surface area (Å²) in [4.78, 5) is 0. The van der Waals surface area contributed by atoms with Crippen LogP contribution in [0, 0.1) is 5.92 Å². The highest BCUT2D eigenvalue weighted by Gasteiger charge is 2.34. The number of hydrogen-bond donors (Lipinski definition) is 2. The Morgan fingerprint density at radius 1 is 1.04 bits per heavy atom. The molecule has 3 aliphatic rings. The van der Waals surface area contributed by atoms with Crippen molar-refractivity contribution in [3.8, 4) is 0 Å². The zero-order valence-corrected chi connectivity index (χ0v) is 16.0. The zero-order valence-electron chi connectivity index (χ0n) is 15.2. The Morgan fingerprint density at radius 2 is 1.79 bits per heavy atom. The summed E-state index contributed by atoms with van der Waals surface area (Å²) >= 11 is 0. The number of hydrogen-bond acceptors (Lipinski definition) is 5. The Morgan fingerprint density at radius 3 is 2.42 bits per heavy atom. The number of rotatable bonds is 5. The molecule has 0 bridgehead atoms. The van der Waals surface area contributed by atoms with E-state index < -0.39 is 9.84 Å². The summed E-state index contributed by atoms with van der Waals surface area (Å²) in [5.41, 5.74) is 0. The molecule has 0 amide bonds. The van der Waals surface area contributed by atoms with Crippen LogP contribution in [0.5, 0.6) is 0 Å². The van der Waals surface area contributed by atoms with Crippen LogP contribution < -0.4 is 10.6 Å². The molecule has 2 saturated heterocycles. The monoisotopic (exact) mass is 358 g/mol. The minimum absolute atomic E-state index is 0.104. The van der Waals surface area contributed by atoms with Crippen LogP contribution in [0.4, 0.5) is 0 Å². The van der Waals surface area contributed by atoms with E-state index >= 15 is 0 Å². The van der Waals surface area contributed by atoms with Gasteiger partial charge >= 0.3 is 0 Å². The molecule has 1 aliphatic carbocycles. The molecule has 0 aromatic carbocycles. The molecule has 2 heterocycles. The Kier molecular flexibility index (Phi) is 6.22. The molecule has 2 aliphatic heterocycles. The molecular formula is C18H34N2O3S. The molecule has 140 valence electrons. The predicted octanol–water partition coefficient (Wildman–Crippen LogP) is 2.22. The third-order valence-corrected chi connectivity index (χ3v) is 7.91. The highest BCUT2D eigenvalue weighted by atomic mass is 32.2. The molecule has 3 rings (SSSR count). The second-order valence-corrected chi connectivity index (χ2v) is 10.5. The van der Waals surface area contributed by atoms with Crippen LogP contribution >= 0.6 is 0 Å². The van der Waals surface area contributed by atoms with Gasteiger partial charge < -0.3 is 4.74 Å². The first-order valence-electron chi connectivity index (χ1n) is 9.75. The summed E-state index contributed by atoms with van der Waals surface area (Å²) in [5, 5.41) is 7.35. The second kappa shape index (κ2) is 8.02. The maximum Gasteiger partial charge on any atom is 0.150 e. The van der Waals surface area contributed by atoms with Gasteiger partial charge in [0.1, 0.15) is 9.84 Å². The quantitative estimate of drug-likeness (QED) is 0.789. The molecule has 2 N–H and O–H groups in total. The highest BCUT2D eigenvalue weighted by molar-refractivity contribution is 7.91. The smallest absolute Gasteiger partial charge is 0.150 e. The van der Waals surface area contributed by atoms with Crippen molar-refractivity contribution < 1.29 is 13.2 Å². The number of ether oxygens (including phenoxy) is 1.